The predicted octanol–water partition coefficient (Wildman–Crippen LogP) is 4.25. The van der Waals surface area contributed by atoms with Crippen molar-refractivity contribution in [2.45, 2.75) is 65.2 Å². The largest absolute Gasteiger partial charge is 0.388 e. The molecule has 1 rings (SSSR count). The molecule has 0 saturated heterocycles. The van der Waals surface area contributed by atoms with Gasteiger partial charge in [-0.2, -0.15) is 0 Å². The summed E-state index contributed by atoms with van der Waals surface area (Å²) in [6.07, 6.45) is 13.4. The summed E-state index contributed by atoms with van der Waals surface area (Å²) in [6, 6.07) is 0. The van der Waals surface area contributed by atoms with Crippen molar-refractivity contribution in [3.63, 3.8) is 0 Å². The highest BCUT2D eigenvalue weighted by Gasteiger charge is 2.13. The van der Waals surface area contributed by atoms with Crippen molar-refractivity contribution in [2.24, 2.45) is 5.92 Å². The second-order valence-electron chi connectivity index (χ2n) is 4.79. The number of rotatable bonds is 8. The Bertz CT molecular complexity index is 184. The lowest BCUT2D eigenvalue weighted by Crippen LogP contribution is -2.12. The minimum atomic E-state index is 0.827. The van der Waals surface area contributed by atoms with Crippen LogP contribution >= 0.6 is 0 Å². The molecule has 0 spiro atoms. The van der Waals surface area contributed by atoms with Crippen LogP contribution in [0.1, 0.15) is 65.2 Å². The summed E-state index contributed by atoms with van der Waals surface area (Å²) >= 11 is 0. The minimum Gasteiger partial charge on any atom is -0.388 e. The molecule has 0 aliphatic carbocycles. The molecule has 0 saturated carbocycles. The Kier molecular flexibility index (Phi) is 6.54. The van der Waals surface area contributed by atoms with E-state index in [1.54, 1.807) is 0 Å². The standard InChI is InChI=1S/C14H27N/c1-3-5-7-9-13-11-14(15-12-13)10-8-6-4-2/h11,13,15H,3-10,12H2,1-2H3. The number of nitrogens with one attached hydrogen (secondary N) is 1. The Morgan fingerprint density at radius 1 is 1.13 bits per heavy atom. The fourth-order valence-electron chi connectivity index (χ4n) is 2.24. The van der Waals surface area contributed by atoms with E-state index in [0.29, 0.717) is 0 Å². The number of allylic oxidation sites excluding steroid dienone is 1. The molecule has 1 unspecified atom stereocenters. The van der Waals surface area contributed by atoms with Crippen molar-refractivity contribution in [1.82, 2.24) is 5.32 Å². The summed E-state index contributed by atoms with van der Waals surface area (Å²) in [5, 5.41) is 3.55. The molecule has 1 N–H and O–H groups in total. The van der Waals surface area contributed by atoms with E-state index >= 15 is 0 Å². The van der Waals surface area contributed by atoms with Crippen molar-refractivity contribution < 1.29 is 0 Å². The maximum atomic E-state index is 3.55. The quantitative estimate of drug-likeness (QED) is 0.589. The lowest BCUT2D eigenvalue weighted by atomic mass is 10.0. The first-order valence-corrected chi connectivity index (χ1v) is 6.81. The molecule has 0 aromatic heterocycles. The van der Waals surface area contributed by atoms with Crippen LogP contribution in [0.5, 0.6) is 0 Å². The van der Waals surface area contributed by atoms with Crippen molar-refractivity contribution in [3.05, 3.63) is 11.8 Å². The second kappa shape index (κ2) is 7.78. The van der Waals surface area contributed by atoms with Crippen molar-refractivity contribution in [1.29, 1.82) is 0 Å². The van der Waals surface area contributed by atoms with Gasteiger partial charge in [0.05, 0.1) is 0 Å². The van der Waals surface area contributed by atoms with Crippen LogP contribution in [0.15, 0.2) is 11.8 Å². The van der Waals surface area contributed by atoms with E-state index < -0.39 is 0 Å². The van der Waals surface area contributed by atoms with Crippen LogP contribution in [0.25, 0.3) is 0 Å². The molecule has 0 bridgehead atoms. The summed E-state index contributed by atoms with van der Waals surface area (Å²) in [6.45, 7) is 5.74. The molecule has 1 heterocycles. The van der Waals surface area contributed by atoms with Crippen LogP contribution in [0, 0.1) is 5.92 Å². The zero-order chi connectivity index (χ0) is 10.9. The summed E-state index contributed by atoms with van der Waals surface area (Å²) in [4.78, 5) is 0. The topological polar surface area (TPSA) is 12.0 Å². The average Bonchev–Trinajstić information content (AvgIpc) is 2.67. The molecule has 0 radical (unpaired) electrons. The molecular formula is C14H27N. The molecule has 1 heteroatoms. The third-order valence-corrected chi connectivity index (χ3v) is 3.26. The van der Waals surface area contributed by atoms with Gasteiger partial charge in [-0.05, 0) is 25.2 Å². The Morgan fingerprint density at radius 3 is 2.60 bits per heavy atom. The molecule has 1 aliphatic heterocycles. The minimum absolute atomic E-state index is 0.827. The summed E-state index contributed by atoms with van der Waals surface area (Å²) in [5.41, 5.74) is 1.52. The van der Waals surface area contributed by atoms with Gasteiger partial charge in [-0.25, -0.2) is 0 Å². The average molecular weight is 209 g/mol. The first-order valence-electron chi connectivity index (χ1n) is 6.81. The monoisotopic (exact) mass is 209 g/mol. The van der Waals surface area contributed by atoms with Gasteiger partial charge in [0, 0.05) is 12.2 Å². The predicted molar refractivity (Wildman–Crippen MR) is 67.9 cm³/mol. The van der Waals surface area contributed by atoms with Gasteiger partial charge in [0.2, 0.25) is 0 Å². The highest BCUT2D eigenvalue weighted by atomic mass is 14.9. The molecule has 0 aromatic carbocycles. The molecule has 1 aliphatic rings. The molecular weight excluding hydrogens is 182 g/mol. The van der Waals surface area contributed by atoms with Gasteiger partial charge in [0.25, 0.3) is 0 Å². The molecule has 88 valence electrons. The van der Waals surface area contributed by atoms with Gasteiger partial charge in [-0.1, -0.05) is 52.0 Å². The Hall–Kier alpha value is -0.460. The van der Waals surface area contributed by atoms with Crippen LogP contribution < -0.4 is 5.32 Å². The van der Waals surface area contributed by atoms with Crippen LogP contribution in [0.4, 0.5) is 0 Å². The number of unbranched alkanes of at least 4 members (excludes halogenated alkanes) is 4. The molecule has 0 fully saturated rings. The fourth-order valence-corrected chi connectivity index (χ4v) is 2.24. The highest BCUT2D eigenvalue weighted by Crippen LogP contribution is 2.20. The van der Waals surface area contributed by atoms with Crippen LogP contribution in [-0.4, -0.2) is 6.54 Å². The first-order chi connectivity index (χ1) is 7.36. The normalized spacial score (nSPS) is 20.1. The molecule has 0 amide bonds. The lowest BCUT2D eigenvalue weighted by molar-refractivity contribution is 0.545. The SMILES string of the molecule is CCCCCC1=CC(CCCCC)CN1. The summed E-state index contributed by atoms with van der Waals surface area (Å²) in [5.74, 6) is 0.827. The van der Waals surface area contributed by atoms with Gasteiger partial charge in [0.1, 0.15) is 0 Å². The van der Waals surface area contributed by atoms with E-state index in [4.69, 9.17) is 0 Å². The van der Waals surface area contributed by atoms with E-state index in [1.165, 1.54) is 63.6 Å². The van der Waals surface area contributed by atoms with Crippen LogP contribution in [0.3, 0.4) is 0 Å². The molecule has 1 atom stereocenters. The first kappa shape index (κ1) is 12.6. The molecule has 0 aromatic rings. The fraction of sp³-hybridized carbons (Fsp3) is 0.857. The zero-order valence-corrected chi connectivity index (χ0v) is 10.5. The van der Waals surface area contributed by atoms with E-state index in [1.807, 2.05) is 0 Å². The van der Waals surface area contributed by atoms with E-state index in [0.717, 1.165) is 5.92 Å². The van der Waals surface area contributed by atoms with Crippen molar-refractivity contribution in [3.8, 4) is 0 Å². The summed E-state index contributed by atoms with van der Waals surface area (Å²) in [7, 11) is 0. The maximum Gasteiger partial charge on any atom is 0.0207 e. The maximum absolute atomic E-state index is 3.55. The van der Waals surface area contributed by atoms with Crippen molar-refractivity contribution >= 4 is 0 Å². The number of hydrogen-bond acceptors (Lipinski definition) is 1. The molecule has 15 heavy (non-hydrogen) atoms. The second-order valence-corrected chi connectivity index (χ2v) is 4.79. The van der Waals surface area contributed by atoms with Gasteiger partial charge in [-0.3, -0.25) is 0 Å². The zero-order valence-electron chi connectivity index (χ0n) is 10.5. The smallest absolute Gasteiger partial charge is 0.0207 e. The van der Waals surface area contributed by atoms with Crippen LogP contribution in [0.2, 0.25) is 0 Å². The van der Waals surface area contributed by atoms with E-state index in [2.05, 4.69) is 25.2 Å². The Balaban J connectivity index is 2.10. The van der Waals surface area contributed by atoms with E-state index in [9.17, 15) is 0 Å². The van der Waals surface area contributed by atoms with Gasteiger partial charge >= 0.3 is 0 Å². The Morgan fingerprint density at radius 2 is 1.87 bits per heavy atom. The third-order valence-electron chi connectivity index (χ3n) is 3.26. The van der Waals surface area contributed by atoms with Crippen LogP contribution in [-0.2, 0) is 0 Å². The summed E-state index contributed by atoms with van der Waals surface area (Å²) < 4.78 is 0. The Labute approximate surface area is 95.3 Å². The molecule has 1 nitrogen and oxygen atoms in total. The van der Waals surface area contributed by atoms with E-state index in [-0.39, 0.29) is 0 Å². The number of hydrogen-bond donors (Lipinski definition) is 1. The lowest BCUT2D eigenvalue weighted by Gasteiger charge is -2.05. The van der Waals surface area contributed by atoms with Gasteiger partial charge in [-0.15, -0.1) is 0 Å². The third kappa shape index (κ3) is 5.25. The van der Waals surface area contributed by atoms with Gasteiger partial charge < -0.3 is 5.32 Å². The van der Waals surface area contributed by atoms with Crippen molar-refractivity contribution in [2.75, 3.05) is 6.54 Å². The highest BCUT2D eigenvalue weighted by molar-refractivity contribution is 5.09. The van der Waals surface area contributed by atoms with Gasteiger partial charge in [0.15, 0.2) is 0 Å².